The summed E-state index contributed by atoms with van der Waals surface area (Å²) in [5, 5.41) is 5.09. The van der Waals surface area contributed by atoms with Crippen LogP contribution in [0.2, 0.25) is 0 Å². The maximum atomic E-state index is 12.0. The van der Waals surface area contributed by atoms with E-state index in [0.717, 1.165) is 31.6 Å². The van der Waals surface area contributed by atoms with Gasteiger partial charge in [0.15, 0.2) is 0 Å². The van der Waals surface area contributed by atoms with Crippen LogP contribution in [-0.4, -0.2) is 43.5 Å². The second-order valence-corrected chi connectivity index (χ2v) is 6.08. The fourth-order valence-electron chi connectivity index (χ4n) is 2.75. The van der Waals surface area contributed by atoms with Gasteiger partial charge in [0.25, 0.3) is 0 Å². The Morgan fingerprint density at radius 3 is 2.60 bits per heavy atom. The Bertz CT molecular complexity index is 627. The monoisotopic (exact) mass is 347 g/mol. The van der Waals surface area contributed by atoms with E-state index >= 15 is 0 Å². The minimum absolute atomic E-state index is 0.0251. The van der Waals surface area contributed by atoms with E-state index in [2.05, 4.69) is 15.5 Å². The molecule has 1 aromatic rings. The molecule has 136 valence electrons. The molecule has 0 saturated carbocycles. The van der Waals surface area contributed by atoms with Gasteiger partial charge < -0.3 is 20.3 Å². The van der Waals surface area contributed by atoms with Crippen LogP contribution in [0.15, 0.2) is 24.3 Å². The summed E-state index contributed by atoms with van der Waals surface area (Å²) in [6, 6.07) is 6.96. The van der Waals surface area contributed by atoms with Crippen LogP contribution in [0.25, 0.3) is 0 Å². The van der Waals surface area contributed by atoms with Crippen molar-refractivity contribution in [3.8, 4) is 0 Å². The molecule has 1 heterocycles. The topological polar surface area (TPSA) is 87.7 Å². The van der Waals surface area contributed by atoms with Gasteiger partial charge in [0, 0.05) is 30.5 Å². The Balaban J connectivity index is 1.87. The molecule has 1 saturated heterocycles. The third-order valence-electron chi connectivity index (χ3n) is 3.94. The van der Waals surface area contributed by atoms with Crippen LogP contribution in [-0.2, 0) is 19.1 Å². The van der Waals surface area contributed by atoms with Crippen LogP contribution in [0.5, 0.6) is 0 Å². The fourth-order valence-corrected chi connectivity index (χ4v) is 2.75. The molecule has 0 bridgehead atoms. The summed E-state index contributed by atoms with van der Waals surface area (Å²) in [7, 11) is 0. The van der Waals surface area contributed by atoms with Gasteiger partial charge >= 0.3 is 17.8 Å². The molecule has 0 radical (unpaired) electrons. The van der Waals surface area contributed by atoms with Crippen molar-refractivity contribution in [2.45, 2.75) is 39.2 Å². The van der Waals surface area contributed by atoms with Gasteiger partial charge in [0.05, 0.1) is 13.0 Å². The van der Waals surface area contributed by atoms with Crippen molar-refractivity contribution >= 4 is 29.2 Å². The molecule has 1 atom stereocenters. The van der Waals surface area contributed by atoms with Gasteiger partial charge in [-0.2, -0.15) is 0 Å². The smallest absolute Gasteiger partial charge is 0.313 e. The number of anilines is 2. The van der Waals surface area contributed by atoms with Crippen molar-refractivity contribution in [1.29, 1.82) is 0 Å². The molecule has 1 aromatic carbocycles. The zero-order valence-corrected chi connectivity index (χ0v) is 14.7. The molecule has 1 fully saturated rings. The maximum absolute atomic E-state index is 12.0. The van der Waals surface area contributed by atoms with E-state index in [1.54, 1.807) is 19.9 Å². The molecule has 2 amide bonds. The van der Waals surface area contributed by atoms with Gasteiger partial charge in [0.2, 0.25) is 0 Å². The minimum atomic E-state index is -0.775. The van der Waals surface area contributed by atoms with Gasteiger partial charge in [-0.1, -0.05) is 6.07 Å². The lowest BCUT2D eigenvalue weighted by molar-refractivity contribution is -0.144. The number of rotatable bonds is 6. The first-order valence-electron chi connectivity index (χ1n) is 8.62. The third kappa shape index (κ3) is 5.77. The predicted octanol–water partition coefficient (Wildman–Crippen LogP) is 1.68. The average molecular weight is 347 g/mol. The Kier molecular flexibility index (Phi) is 6.80. The van der Waals surface area contributed by atoms with Crippen molar-refractivity contribution < 1.29 is 19.1 Å². The van der Waals surface area contributed by atoms with Crippen LogP contribution < -0.4 is 15.5 Å². The molecule has 0 aliphatic carbocycles. The lowest BCUT2D eigenvalue weighted by Gasteiger charge is -2.18. The number of hydrogen-bond acceptors (Lipinski definition) is 5. The number of carbonyl (C=O) groups excluding carboxylic acids is 3. The Morgan fingerprint density at radius 2 is 1.92 bits per heavy atom. The highest BCUT2D eigenvalue weighted by Gasteiger charge is 2.19. The summed E-state index contributed by atoms with van der Waals surface area (Å²) in [6.45, 7) is 5.65. The van der Waals surface area contributed by atoms with E-state index < -0.39 is 23.8 Å². The van der Waals surface area contributed by atoms with Crippen LogP contribution in [0.1, 0.15) is 33.1 Å². The second-order valence-electron chi connectivity index (χ2n) is 6.08. The molecule has 1 aliphatic heterocycles. The number of nitrogens with zero attached hydrogens (tertiary/aromatic N) is 1. The van der Waals surface area contributed by atoms with Crippen LogP contribution in [0.4, 0.5) is 11.4 Å². The molecule has 0 spiro atoms. The number of esters is 1. The predicted molar refractivity (Wildman–Crippen MR) is 95.4 cm³/mol. The summed E-state index contributed by atoms with van der Waals surface area (Å²) in [4.78, 5) is 37.6. The molecule has 1 unspecified atom stereocenters. The van der Waals surface area contributed by atoms with Crippen molar-refractivity contribution in [2.24, 2.45) is 0 Å². The first kappa shape index (κ1) is 18.8. The summed E-state index contributed by atoms with van der Waals surface area (Å²) in [5.74, 6) is -1.94. The number of nitrogens with one attached hydrogen (secondary N) is 2. The van der Waals surface area contributed by atoms with Crippen LogP contribution >= 0.6 is 0 Å². The normalized spacial score (nSPS) is 14.7. The van der Waals surface area contributed by atoms with E-state index in [1.807, 2.05) is 18.2 Å². The Labute approximate surface area is 147 Å². The molecule has 25 heavy (non-hydrogen) atoms. The molecular weight excluding hydrogens is 322 g/mol. The third-order valence-corrected chi connectivity index (χ3v) is 3.94. The molecule has 0 aromatic heterocycles. The summed E-state index contributed by atoms with van der Waals surface area (Å²) >= 11 is 0. The number of ether oxygens (including phenoxy) is 1. The zero-order valence-electron chi connectivity index (χ0n) is 14.7. The number of amides is 2. The highest BCUT2D eigenvalue weighted by atomic mass is 16.5. The van der Waals surface area contributed by atoms with E-state index in [9.17, 15) is 14.4 Å². The molecule has 7 heteroatoms. The van der Waals surface area contributed by atoms with Crippen molar-refractivity contribution in [3.05, 3.63) is 24.3 Å². The van der Waals surface area contributed by atoms with Gasteiger partial charge in [-0.15, -0.1) is 0 Å². The standard InChI is InChI=1S/C18H25N3O4/c1-3-25-16(22)11-13(2)19-17(23)18(24)20-14-7-6-8-15(12-14)21-9-4-5-10-21/h6-8,12-13H,3-5,9-11H2,1-2H3,(H,19,23)(H,20,24). The van der Waals surface area contributed by atoms with Crippen molar-refractivity contribution in [1.82, 2.24) is 5.32 Å². The number of benzene rings is 1. The summed E-state index contributed by atoms with van der Waals surface area (Å²) in [5.41, 5.74) is 1.61. The molecular formula is C18H25N3O4. The van der Waals surface area contributed by atoms with E-state index in [4.69, 9.17) is 4.74 Å². The van der Waals surface area contributed by atoms with Gasteiger partial charge in [-0.05, 0) is 44.9 Å². The number of carbonyl (C=O) groups is 3. The Morgan fingerprint density at radius 1 is 1.20 bits per heavy atom. The fraction of sp³-hybridized carbons (Fsp3) is 0.500. The van der Waals surface area contributed by atoms with Crippen LogP contribution in [0.3, 0.4) is 0 Å². The summed E-state index contributed by atoms with van der Waals surface area (Å²) in [6.07, 6.45) is 2.35. The molecule has 7 nitrogen and oxygen atoms in total. The van der Waals surface area contributed by atoms with E-state index in [1.165, 1.54) is 0 Å². The second kappa shape index (κ2) is 9.05. The van der Waals surface area contributed by atoms with Gasteiger partial charge in [-0.3, -0.25) is 14.4 Å². The first-order valence-corrected chi connectivity index (χ1v) is 8.62. The van der Waals surface area contributed by atoms with Gasteiger partial charge in [0.1, 0.15) is 0 Å². The van der Waals surface area contributed by atoms with Crippen LogP contribution in [0, 0.1) is 0 Å². The van der Waals surface area contributed by atoms with Crippen molar-refractivity contribution in [3.63, 3.8) is 0 Å². The lowest BCUT2D eigenvalue weighted by atomic mass is 10.2. The molecule has 2 N–H and O–H groups in total. The van der Waals surface area contributed by atoms with Gasteiger partial charge in [-0.25, -0.2) is 0 Å². The first-order chi connectivity index (χ1) is 12.0. The zero-order chi connectivity index (χ0) is 18.2. The van der Waals surface area contributed by atoms with E-state index in [0.29, 0.717) is 5.69 Å². The number of hydrogen-bond donors (Lipinski definition) is 2. The average Bonchev–Trinajstić information content (AvgIpc) is 3.09. The van der Waals surface area contributed by atoms with Crippen molar-refractivity contribution in [2.75, 3.05) is 29.9 Å². The highest BCUT2D eigenvalue weighted by molar-refractivity contribution is 6.39. The van der Waals surface area contributed by atoms with E-state index in [-0.39, 0.29) is 13.0 Å². The largest absolute Gasteiger partial charge is 0.466 e. The Hall–Kier alpha value is -2.57. The minimum Gasteiger partial charge on any atom is -0.466 e. The lowest BCUT2D eigenvalue weighted by Crippen LogP contribution is -2.41. The maximum Gasteiger partial charge on any atom is 0.313 e. The SMILES string of the molecule is CCOC(=O)CC(C)NC(=O)C(=O)Nc1cccc(N2CCCC2)c1. The highest BCUT2D eigenvalue weighted by Crippen LogP contribution is 2.23. The summed E-state index contributed by atoms with van der Waals surface area (Å²) < 4.78 is 4.82. The molecule has 1 aliphatic rings. The molecule has 2 rings (SSSR count). The quantitative estimate of drug-likeness (QED) is 0.604.